The number of aliphatic carboxylic acids is 1. The zero-order valence-electron chi connectivity index (χ0n) is 10.5. The quantitative estimate of drug-likeness (QED) is 0.679. The van der Waals surface area contributed by atoms with E-state index in [-0.39, 0.29) is 12.1 Å². The fraction of sp³-hybridized carbons (Fsp3) is 0.417. The van der Waals surface area contributed by atoms with Gasteiger partial charge in [0.15, 0.2) is 0 Å². The number of nitrogens with zero attached hydrogens (tertiary/aromatic N) is 2. The predicted molar refractivity (Wildman–Crippen MR) is 67.3 cm³/mol. The molecule has 0 bridgehead atoms. The van der Waals surface area contributed by atoms with Crippen molar-refractivity contribution in [1.82, 2.24) is 20.4 Å². The molecule has 2 unspecified atom stereocenters. The van der Waals surface area contributed by atoms with E-state index in [9.17, 15) is 9.59 Å². The van der Waals surface area contributed by atoms with Gasteiger partial charge >= 0.3 is 12.0 Å². The topological polar surface area (TPSA) is 96.2 Å². The van der Waals surface area contributed by atoms with Gasteiger partial charge in [-0.3, -0.25) is 9.48 Å². The normalized spacial score (nSPS) is 21.3. The molecule has 2 amide bonds. The molecule has 0 saturated heterocycles. The molecule has 1 aliphatic rings. The summed E-state index contributed by atoms with van der Waals surface area (Å²) in [5.41, 5.74) is 0.906. The maximum atomic E-state index is 11.6. The van der Waals surface area contributed by atoms with Crippen LogP contribution in [0.15, 0.2) is 24.5 Å². The van der Waals surface area contributed by atoms with Crippen LogP contribution >= 0.6 is 0 Å². The second kappa shape index (κ2) is 5.55. The van der Waals surface area contributed by atoms with Crippen LogP contribution in [0.2, 0.25) is 0 Å². The van der Waals surface area contributed by atoms with Crippen LogP contribution in [0.1, 0.15) is 12.0 Å². The number of nitrogens with one attached hydrogen (secondary N) is 2. The van der Waals surface area contributed by atoms with Gasteiger partial charge in [0.1, 0.15) is 0 Å². The van der Waals surface area contributed by atoms with E-state index in [0.29, 0.717) is 13.0 Å². The van der Waals surface area contributed by atoms with Gasteiger partial charge in [0, 0.05) is 25.4 Å². The largest absolute Gasteiger partial charge is 0.481 e. The molecular weight excluding hydrogens is 248 g/mol. The summed E-state index contributed by atoms with van der Waals surface area (Å²) in [5.74, 6) is -1.38. The maximum Gasteiger partial charge on any atom is 0.315 e. The Bertz CT molecular complexity index is 509. The van der Waals surface area contributed by atoms with Crippen molar-refractivity contribution in [2.45, 2.75) is 19.0 Å². The highest BCUT2D eigenvalue weighted by Crippen LogP contribution is 2.17. The van der Waals surface area contributed by atoms with E-state index in [2.05, 4.69) is 15.7 Å². The van der Waals surface area contributed by atoms with Crippen molar-refractivity contribution in [3.8, 4) is 0 Å². The fourth-order valence-electron chi connectivity index (χ4n) is 1.95. The fourth-order valence-corrected chi connectivity index (χ4v) is 1.95. The summed E-state index contributed by atoms with van der Waals surface area (Å²) < 4.78 is 1.66. The number of aromatic nitrogens is 2. The molecule has 0 saturated carbocycles. The van der Waals surface area contributed by atoms with Crippen molar-refractivity contribution in [3.05, 3.63) is 30.1 Å². The summed E-state index contributed by atoms with van der Waals surface area (Å²) >= 11 is 0. The molecule has 0 spiro atoms. The van der Waals surface area contributed by atoms with Crippen molar-refractivity contribution in [2.24, 2.45) is 13.0 Å². The molecule has 19 heavy (non-hydrogen) atoms. The number of carbonyl (C=O) groups is 2. The molecule has 7 nitrogen and oxygen atoms in total. The first kappa shape index (κ1) is 13.1. The monoisotopic (exact) mass is 264 g/mol. The molecule has 0 aliphatic heterocycles. The first-order valence-electron chi connectivity index (χ1n) is 5.97. The minimum Gasteiger partial charge on any atom is -0.481 e. The van der Waals surface area contributed by atoms with Gasteiger partial charge in [0.25, 0.3) is 0 Å². The lowest BCUT2D eigenvalue weighted by molar-refractivity contribution is -0.140. The van der Waals surface area contributed by atoms with Crippen LogP contribution in [0.3, 0.4) is 0 Å². The van der Waals surface area contributed by atoms with Crippen LogP contribution in [0.5, 0.6) is 0 Å². The van der Waals surface area contributed by atoms with E-state index in [1.807, 2.05) is 6.20 Å². The summed E-state index contributed by atoms with van der Waals surface area (Å²) in [6, 6.07) is -0.542. The van der Waals surface area contributed by atoms with Gasteiger partial charge in [-0.1, -0.05) is 12.2 Å². The molecule has 1 aliphatic carbocycles. The van der Waals surface area contributed by atoms with Gasteiger partial charge in [-0.15, -0.1) is 0 Å². The molecule has 1 heterocycles. The van der Waals surface area contributed by atoms with Crippen LogP contribution in [0.4, 0.5) is 4.79 Å². The lowest BCUT2D eigenvalue weighted by Gasteiger charge is -2.12. The molecule has 0 radical (unpaired) electrons. The summed E-state index contributed by atoms with van der Waals surface area (Å²) in [6.07, 6.45) is 7.21. The van der Waals surface area contributed by atoms with E-state index >= 15 is 0 Å². The van der Waals surface area contributed by atoms with E-state index in [1.165, 1.54) is 0 Å². The lowest BCUT2D eigenvalue weighted by atomic mass is 10.1. The number of hydrogen-bond acceptors (Lipinski definition) is 3. The zero-order valence-corrected chi connectivity index (χ0v) is 10.5. The summed E-state index contributed by atoms with van der Waals surface area (Å²) in [5, 5.41) is 18.2. The third-order valence-corrected chi connectivity index (χ3v) is 2.93. The number of hydrogen-bond donors (Lipinski definition) is 3. The Morgan fingerprint density at radius 1 is 1.53 bits per heavy atom. The van der Waals surface area contributed by atoms with E-state index in [1.54, 1.807) is 30.1 Å². The minimum atomic E-state index is -0.865. The Kier molecular flexibility index (Phi) is 3.84. The number of amides is 2. The standard InChI is InChI=1S/C12H16N4O3/c1-16-7-8(6-14-16)5-13-12(19)15-10-3-2-9(4-10)11(17)18/h2-3,6-7,9-10H,4-5H2,1H3,(H,17,18)(H2,13,15,19). The van der Waals surface area contributed by atoms with E-state index in [0.717, 1.165) is 5.56 Å². The number of rotatable bonds is 4. The summed E-state index contributed by atoms with van der Waals surface area (Å²) in [4.78, 5) is 22.4. The molecule has 1 aromatic heterocycles. The number of carboxylic acids is 1. The SMILES string of the molecule is Cn1cc(CNC(=O)NC2C=CC(C(=O)O)C2)cn1. The number of aryl methyl sites for hydroxylation is 1. The average molecular weight is 264 g/mol. The third-order valence-electron chi connectivity index (χ3n) is 2.93. The number of carboxylic acid groups (broad SMARTS) is 1. The van der Waals surface area contributed by atoms with Crippen molar-refractivity contribution >= 4 is 12.0 Å². The highest BCUT2D eigenvalue weighted by atomic mass is 16.4. The maximum absolute atomic E-state index is 11.6. The third kappa shape index (κ3) is 3.57. The van der Waals surface area contributed by atoms with Gasteiger partial charge in [-0.25, -0.2) is 4.79 Å². The Balaban J connectivity index is 1.74. The molecule has 0 fully saturated rings. The van der Waals surface area contributed by atoms with Crippen molar-refractivity contribution < 1.29 is 14.7 Å². The van der Waals surface area contributed by atoms with Crippen molar-refractivity contribution in [1.29, 1.82) is 0 Å². The van der Waals surface area contributed by atoms with Gasteiger partial charge in [-0.2, -0.15) is 5.10 Å². The van der Waals surface area contributed by atoms with Crippen LogP contribution in [0, 0.1) is 5.92 Å². The van der Waals surface area contributed by atoms with E-state index < -0.39 is 11.9 Å². The second-order valence-electron chi connectivity index (χ2n) is 4.52. The molecular formula is C12H16N4O3. The molecule has 2 atom stereocenters. The Labute approximate surface area is 110 Å². The number of urea groups is 1. The smallest absolute Gasteiger partial charge is 0.315 e. The first-order valence-corrected chi connectivity index (χ1v) is 5.97. The average Bonchev–Trinajstić information content (AvgIpc) is 2.96. The van der Waals surface area contributed by atoms with E-state index in [4.69, 9.17) is 5.11 Å². The summed E-state index contributed by atoms with van der Waals surface area (Å²) in [6.45, 7) is 0.387. The highest BCUT2D eigenvalue weighted by Gasteiger charge is 2.25. The summed E-state index contributed by atoms with van der Waals surface area (Å²) in [7, 11) is 1.80. The molecule has 7 heteroatoms. The van der Waals surface area contributed by atoms with Gasteiger partial charge in [-0.05, 0) is 6.42 Å². The molecule has 1 aromatic rings. The first-order chi connectivity index (χ1) is 9.04. The second-order valence-corrected chi connectivity index (χ2v) is 4.52. The Morgan fingerprint density at radius 2 is 2.32 bits per heavy atom. The molecule has 2 rings (SSSR count). The Hall–Kier alpha value is -2.31. The van der Waals surface area contributed by atoms with Crippen molar-refractivity contribution in [2.75, 3.05) is 0 Å². The zero-order chi connectivity index (χ0) is 13.8. The predicted octanol–water partition coefficient (Wildman–Crippen LogP) is 0.249. The highest BCUT2D eigenvalue weighted by molar-refractivity contribution is 5.76. The number of carbonyl (C=O) groups excluding carboxylic acids is 1. The van der Waals surface area contributed by atoms with Crippen molar-refractivity contribution in [3.63, 3.8) is 0 Å². The van der Waals surface area contributed by atoms with Gasteiger partial charge < -0.3 is 15.7 Å². The van der Waals surface area contributed by atoms with Crippen LogP contribution in [-0.4, -0.2) is 32.9 Å². The minimum absolute atomic E-state index is 0.227. The Morgan fingerprint density at radius 3 is 2.89 bits per heavy atom. The van der Waals surface area contributed by atoms with Gasteiger partial charge in [0.05, 0.1) is 18.2 Å². The van der Waals surface area contributed by atoms with Crippen LogP contribution in [-0.2, 0) is 18.4 Å². The molecule has 3 N–H and O–H groups in total. The van der Waals surface area contributed by atoms with Crippen LogP contribution in [0.25, 0.3) is 0 Å². The van der Waals surface area contributed by atoms with Gasteiger partial charge in [0.2, 0.25) is 0 Å². The van der Waals surface area contributed by atoms with Crippen LogP contribution < -0.4 is 10.6 Å². The lowest BCUT2D eigenvalue weighted by Crippen LogP contribution is -2.40. The molecule has 0 aromatic carbocycles. The molecule has 102 valence electrons.